The van der Waals surface area contributed by atoms with Crippen molar-refractivity contribution in [3.8, 4) is 0 Å². The maximum atomic E-state index is 5.42. The topological polar surface area (TPSA) is 0 Å². The van der Waals surface area contributed by atoms with Crippen LogP contribution in [0.25, 0.3) is 0 Å². The SMILES string of the molecule is [CH2-]CCCCCCl.[Zn]. The average molecular weight is 185 g/mol. The van der Waals surface area contributed by atoms with Crippen molar-refractivity contribution in [2.24, 2.45) is 0 Å². The standard InChI is InChI=1S/C6H12Cl.Zn/c1-2-3-4-5-6-7;/h1-6H2;/q-1;. The number of hydrogen-bond acceptors (Lipinski definition) is 0. The molecule has 0 spiro atoms. The number of hydrogen-bond donors (Lipinski definition) is 0. The van der Waals surface area contributed by atoms with Crippen molar-refractivity contribution in [2.45, 2.75) is 25.7 Å². The normalized spacial score (nSPS) is 8.25. The fourth-order valence-corrected chi connectivity index (χ4v) is 0.637. The van der Waals surface area contributed by atoms with Gasteiger partial charge in [-0.1, -0.05) is 12.8 Å². The molecule has 46 valence electrons. The van der Waals surface area contributed by atoms with Crippen LogP contribution in [0.4, 0.5) is 0 Å². The second-order valence-electron chi connectivity index (χ2n) is 1.60. The van der Waals surface area contributed by atoms with Crippen LogP contribution in [0.15, 0.2) is 0 Å². The van der Waals surface area contributed by atoms with Crippen molar-refractivity contribution < 1.29 is 19.5 Å². The van der Waals surface area contributed by atoms with Gasteiger partial charge in [-0.3, -0.25) is 0 Å². The molecule has 0 amide bonds. The second kappa shape index (κ2) is 10.8. The maximum Gasteiger partial charge on any atom is 0.0223 e. The summed E-state index contributed by atoms with van der Waals surface area (Å²) in [5, 5.41) is 0. The molecule has 0 rings (SSSR count). The molecule has 0 unspecified atom stereocenters. The Morgan fingerprint density at radius 2 is 1.75 bits per heavy atom. The van der Waals surface area contributed by atoms with Crippen LogP contribution in [0.2, 0.25) is 0 Å². The van der Waals surface area contributed by atoms with Crippen LogP contribution < -0.4 is 0 Å². The molecule has 0 aromatic carbocycles. The summed E-state index contributed by atoms with van der Waals surface area (Å²) in [5.41, 5.74) is 0. The quantitative estimate of drug-likeness (QED) is 0.273. The van der Waals surface area contributed by atoms with Crippen molar-refractivity contribution in [3.05, 3.63) is 6.92 Å². The fraction of sp³-hybridized carbons (Fsp3) is 0.833. The predicted octanol–water partition coefficient (Wildman–Crippen LogP) is 2.62. The van der Waals surface area contributed by atoms with Crippen LogP contribution in [0, 0.1) is 6.92 Å². The first kappa shape index (κ1) is 11.7. The van der Waals surface area contributed by atoms with Gasteiger partial charge in [0.2, 0.25) is 0 Å². The molecule has 0 fully saturated rings. The molecule has 0 aliphatic heterocycles. The molecule has 0 N–H and O–H groups in total. The summed E-state index contributed by atoms with van der Waals surface area (Å²) in [6.07, 6.45) is 4.67. The van der Waals surface area contributed by atoms with Gasteiger partial charge in [-0.15, -0.1) is 11.6 Å². The summed E-state index contributed by atoms with van der Waals surface area (Å²) in [6, 6.07) is 0. The Kier molecular flexibility index (Phi) is 15.8. The van der Waals surface area contributed by atoms with Gasteiger partial charge in [0.1, 0.15) is 0 Å². The van der Waals surface area contributed by atoms with E-state index >= 15 is 0 Å². The molecule has 8 heavy (non-hydrogen) atoms. The molecule has 0 atom stereocenters. The molecule has 0 nitrogen and oxygen atoms in total. The van der Waals surface area contributed by atoms with Crippen LogP contribution in [-0.2, 0) is 19.5 Å². The van der Waals surface area contributed by atoms with Gasteiger partial charge in [-0.05, 0) is 6.42 Å². The van der Waals surface area contributed by atoms with E-state index in [-0.39, 0.29) is 19.5 Å². The van der Waals surface area contributed by atoms with Crippen molar-refractivity contribution in [1.82, 2.24) is 0 Å². The van der Waals surface area contributed by atoms with E-state index in [1.165, 1.54) is 12.8 Å². The van der Waals surface area contributed by atoms with E-state index in [0.29, 0.717) is 0 Å². The molecule has 0 aliphatic carbocycles. The van der Waals surface area contributed by atoms with E-state index in [4.69, 9.17) is 11.6 Å². The first-order chi connectivity index (χ1) is 3.41. The summed E-state index contributed by atoms with van der Waals surface area (Å²) >= 11 is 5.42. The smallest absolute Gasteiger partial charge is 0.0223 e. The Bertz CT molecular complexity index is 27.7. The zero-order valence-electron chi connectivity index (χ0n) is 5.33. The van der Waals surface area contributed by atoms with Crippen LogP contribution in [0.1, 0.15) is 25.7 Å². The minimum atomic E-state index is 0. The van der Waals surface area contributed by atoms with Gasteiger partial charge in [0.25, 0.3) is 0 Å². The molecular formula is C6H12ClZn-. The van der Waals surface area contributed by atoms with Crippen LogP contribution in [-0.4, -0.2) is 5.88 Å². The van der Waals surface area contributed by atoms with Gasteiger partial charge in [0, 0.05) is 25.4 Å². The van der Waals surface area contributed by atoms with E-state index < -0.39 is 0 Å². The first-order valence-electron chi connectivity index (χ1n) is 2.77. The van der Waals surface area contributed by atoms with Crippen molar-refractivity contribution >= 4 is 11.6 Å². The Morgan fingerprint density at radius 1 is 1.12 bits per heavy atom. The predicted molar refractivity (Wildman–Crippen MR) is 34.5 cm³/mol. The third-order valence-electron chi connectivity index (χ3n) is 0.884. The zero-order valence-corrected chi connectivity index (χ0v) is 9.05. The average Bonchev–Trinajstić information content (AvgIpc) is 1.69. The van der Waals surface area contributed by atoms with Gasteiger partial charge in [-0.2, -0.15) is 6.42 Å². The Morgan fingerprint density at radius 3 is 2.12 bits per heavy atom. The molecule has 0 saturated heterocycles. The summed E-state index contributed by atoms with van der Waals surface area (Å²) in [7, 11) is 0. The second-order valence-corrected chi connectivity index (χ2v) is 1.98. The fourth-order valence-electron chi connectivity index (χ4n) is 0.448. The van der Waals surface area contributed by atoms with Crippen molar-refractivity contribution in [3.63, 3.8) is 0 Å². The van der Waals surface area contributed by atoms with Gasteiger partial charge in [-0.25, -0.2) is 0 Å². The maximum absolute atomic E-state index is 5.42. The number of alkyl halides is 1. The third-order valence-corrected chi connectivity index (χ3v) is 1.15. The molecule has 0 heterocycles. The monoisotopic (exact) mass is 183 g/mol. The molecule has 0 bridgehead atoms. The molecule has 0 radical (unpaired) electrons. The summed E-state index contributed by atoms with van der Waals surface area (Å²) in [5.74, 6) is 0.806. The van der Waals surface area contributed by atoms with E-state index in [9.17, 15) is 0 Å². The van der Waals surface area contributed by atoms with Gasteiger partial charge in [0.15, 0.2) is 0 Å². The van der Waals surface area contributed by atoms with Crippen molar-refractivity contribution in [2.75, 3.05) is 5.88 Å². The summed E-state index contributed by atoms with van der Waals surface area (Å²) in [4.78, 5) is 0. The van der Waals surface area contributed by atoms with Gasteiger partial charge >= 0.3 is 0 Å². The van der Waals surface area contributed by atoms with Gasteiger partial charge in [0.05, 0.1) is 0 Å². The zero-order chi connectivity index (χ0) is 5.54. The van der Waals surface area contributed by atoms with Gasteiger partial charge < -0.3 is 6.92 Å². The van der Waals surface area contributed by atoms with E-state index in [1.807, 2.05) is 0 Å². The van der Waals surface area contributed by atoms with E-state index in [1.54, 1.807) is 0 Å². The molecule has 2 heteroatoms. The van der Waals surface area contributed by atoms with Crippen LogP contribution in [0.3, 0.4) is 0 Å². The molecule has 0 aromatic heterocycles. The summed E-state index contributed by atoms with van der Waals surface area (Å²) < 4.78 is 0. The number of halogens is 1. The molecule has 0 aromatic rings. The minimum absolute atomic E-state index is 0. The Hall–Kier alpha value is 0.913. The minimum Gasteiger partial charge on any atom is -0.343 e. The molecule has 0 aliphatic rings. The molecule has 0 saturated carbocycles. The first-order valence-corrected chi connectivity index (χ1v) is 3.30. The van der Waals surface area contributed by atoms with Crippen LogP contribution >= 0.6 is 11.6 Å². The third kappa shape index (κ3) is 10.0. The summed E-state index contributed by atoms with van der Waals surface area (Å²) in [6.45, 7) is 3.71. The largest absolute Gasteiger partial charge is 0.343 e. The van der Waals surface area contributed by atoms with Crippen LogP contribution in [0.5, 0.6) is 0 Å². The molecular weight excluding hydrogens is 173 g/mol. The van der Waals surface area contributed by atoms with E-state index in [2.05, 4.69) is 6.92 Å². The van der Waals surface area contributed by atoms with Crippen molar-refractivity contribution in [1.29, 1.82) is 0 Å². The Balaban J connectivity index is 0. The number of rotatable bonds is 4. The van der Waals surface area contributed by atoms with E-state index in [0.717, 1.165) is 18.7 Å². The Labute approximate surface area is 69.8 Å². The number of unbranched alkanes of at least 4 members (excludes halogenated alkanes) is 3.